The van der Waals surface area contributed by atoms with E-state index in [0.717, 1.165) is 32.6 Å². The molecule has 3 aromatic rings. The van der Waals surface area contributed by atoms with Gasteiger partial charge >= 0.3 is 6.18 Å². The predicted octanol–water partition coefficient (Wildman–Crippen LogP) is 6.77. The summed E-state index contributed by atoms with van der Waals surface area (Å²) in [5.74, 6) is -2.33. The van der Waals surface area contributed by atoms with E-state index in [9.17, 15) is 27.9 Å². The number of aliphatic hydroxyl groups excluding tert-OH is 1. The van der Waals surface area contributed by atoms with Crippen molar-refractivity contribution >= 4 is 50.4 Å². The van der Waals surface area contributed by atoms with E-state index in [2.05, 4.69) is 15.9 Å². The van der Waals surface area contributed by atoms with E-state index in [4.69, 9.17) is 0 Å². The molecule has 1 aliphatic rings. The minimum absolute atomic E-state index is 0.0734. The summed E-state index contributed by atoms with van der Waals surface area (Å²) >= 11 is 4.64. The van der Waals surface area contributed by atoms with Gasteiger partial charge in [-0.1, -0.05) is 28.1 Å². The van der Waals surface area contributed by atoms with Crippen molar-refractivity contribution in [1.29, 1.82) is 0 Å². The topological polar surface area (TPSA) is 57.6 Å². The highest BCUT2D eigenvalue weighted by molar-refractivity contribution is 9.10. The molecule has 1 N–H and O–H groups in total. The smallest absolute Gasteiger partial charge is 0.416 e. The van der Waals surface area contributed by atoms with Crippen molar-refractivity contribution in [2.45, 2.75) is 26.1 Å². The fourth-order valence-electron chi connectivity index (χ4n) is 3.79. The van der Waals surface area contributed by atoms with Crippen LogP contribution in [0, 0.1) is 13.8 Å². The molecule has 0 saturated carbocycles. The van der Waals surface area contributed by atoms with E-state index in [1.165, 1.54) is 23.5 Å². The van der Waals surface area contributed by atoms with Crippen LogP contribution in [0.1, 0.15) is 33.2 Å². The lowest BCUT2D eigenvalue weighted by Crippen LogP contribution is -2.29. The fraction of sp³-hybridized carbons (Fsp3) is 0.167. The molecule has 2 aromatic carbocycles. The number of alkyl halides is 3. The van der Waals surface area contributed by atoms with Crippen molar-refractivity contribution in [2.24, 2.45) is 0 Å². The Kier molecular flexibility index (Phi) is 5.96. The van der Waals surface area contributed by atoms with Crippen LogP contribution < -0.4 is 4.90 Å². The van der Waals surface area contributed by atoms with E-state index in [0.29, 0.717) is 10.4 Å². The zero-order valence-electron chi connectivity index (χ0n) is 17.4. The quantitative estimate of drug-likeness (QED) is 0.228. The van der Waals surface area contributed by atoms with Gasteiger partial charge in [0.05, 0.1) is 11.1 Å². The standard InChI is InChI=1S/C24H17BrF3NO3S/c1-12-8-9-33-22(12)19-18(20(30)14-6-7-17(25)13(2)10-14)21(31)23(32)29(19)16-5-3-4-15(11-16)24(26,27)28/h3-11,19,30H,1-2H3/b20-18-. The third-order valence-electron chi connectivity index (χ3n) is 5.48. The number of benzene rings is 2. The molecule has 0 spiro atoms. The average molecular weight is 536 g/mol. The van der Waals surface area contributed by atoms with Gasteiger partial charge < -0.3 is 5.11 Å². The Morgan fingerprint density at radius 2 is 1.79 bits per heavy atom. The first-order chi connectivity index (χ1) is 15.5. The second-order valence-corrected chi connectivity index (χ2v) is 9.45. The number of amides is 1. The molecule has 1 saturated heterocycles. The largest absolute Gasteiger partial charge is 0.507 e. The number of nitrogens with zero attached hydrogens (tertiary/aromatic N) is 1. The number of rotatable bonds is 3. The van der Waals surface area contributed by atoms with Gasteiger partial charge in [-0.3, -0.25) is 14.5 Å². The Morgan fingerprint density at radius 1 is 1.06 bits per heavy atom. The van der Waals surface area contributed by atoms with Crippen LogP contribution in [0.2, 0.25) is 0 Å². The van der Waals surface area contributed by atoms with E-state index in [1.807, 2.05) is 6.92 Å². The van der Waals surface area contributed by atoms with E-state index < -0.39 is 29.5 Å². The Hall–Kier alpha value is -2.91. The van der Waals surface area contributed by atoms with Gasteiger partial charge in [0.2, 0.25) is 0 Å². The lowest BCUT2D eigenvalue weighted by atomic mass is 9.97. The molecule has 0 aliphatic carbocycles. The van der Waals surface area contributed by atoms with Gasteiger partial charge in [0, 0.05) is 20.6 Å². The second-order valence-electron chi connectivity index (χ2n) is 7.65. The predicted molar refractivity (Wildman–Crippen MR) is 124 cm³/mol. The van der Waals surface area contributed by atoms with Crippen LogP contribution in [0.4, 0.5) is 18.9 Å². The minimum atomic E-state index is -4.62. The number of thiophene rings is 1. The number of Topliss-reactive ketones (excluding diaryl/α,β-unsaturated/α-hetero) is 1. The maximum atomic E-state index is 13.3. The molecule has 1 unspecified atom stereocenters. The second kappa shape index (κ2) is 8.46. The first-order valence-corrected chi connectivity index (χ1v) is 11.5. The zero-order valence-corrected chi connectivity index (χ0v) is 19.8. The fourth-order valence-corrected chi connectivity index (χ4v) is 5.06. The summed E-state index contributed by atoms with van der Waals surface area (Å²) in [5.41, 5.74) is 0.709. The van der Waals surface area contributed by atoms with Gasteiger partial charge in [-0.2, -0.15) is 13.2 Å². The Morgan fingerprint density at radius 3 is 2.39 bits per heavy atom. The molecular formula is C24H17BrF3NO3S. The zero-order chi connectivity index (χ0) is 24.1. The molecule has 33 heavy (non-hydrogen) atoms. The summed E-state index contributed by atoms with van der Waals surface area (Å²) in [6.07, 6.45) is -4.62. The number of hydrogen-bond donors (Lipinski definition) is 1. The maximum absolute atomic E-state index is 13.3. The molecule has 170 valence electrons. The molecule has 9 heteroatoms. The van der Waals surface area contributed by atoms with Crippen LogP contribution in [0.3, 0.4) is 0 Å². The van der Waals surface area contributed by atoms with Crippen LogP contribution in [0.5, 0.6) is 0 Å². The third kappa shape index (κ3) is 4.11. The van der Waals surface area contributed by atoms with Gasteiger partial charge in [0.1, 0.15) is 11.8 Å². The number of carbonyl (C=O) groups is 2. The molecule has 4 nitrogen and oxygen atoms in total. The van der Waals surface area contributed by atoms with Crippen LogP contribution in [-0.4, -0.2) is 16.8 Å². The number of hydrogen-bond acceptors (Lipinski definition) is 4. The van der Waals surface area contributed by atoms with Crippen LogP contribution in [-0.2, 0) is 15.8 Å². The molecule has 4 rings (SSSR count). The number of halogens is 4. The Bertz CT molecular complexity index is 1310. The highest BCUT2D eigenvalue weighted by atomic mass is 79.9. The maximum Gasteiger partial charge on any atom is 0.416 e. The van der Waals surface area contributed by atoms with E-state index in [1.54, 1.807) is 36.6 Å². The van der Waals surface area contributed by atoms with Crippen molar-refractivity contribution in [1.82, 2.24) is 0 Å². The molecule has 1 atom stereocenters. The van der Waals surface area contributed by atoms with Gasteiger partial charge in [0.15, 0.2) is 0 Å². The highest BCUT2D eigenvalue weighted by Crippen LogP contribution is 2.45. The summed E-state index contributed by atoms with van der Waals surface area (Å²) < 4.78 is 40.8. The lowest BCUT2D eigenvalue weighted by molar-refractivity contribution is -0.137. The summed E-state index contributed by atoms with van der Waals surface area (Å²) in [6, 6.07) is 9.97. The van der Waals surface area contributed by atoms with Gasteiger partial charge in [0.25, 0.3) is 11.7 Å². The van der Waals surface area contributed by atoms with Gasteiger partial charge in [-0.25, -0.2) is 0 Å². The molecule has 0 radical (unpaired) electrons. The van der Waals surface area contributed by atoms with Crippen molar-refractivity contribution < 1.29 is 27.9 Å². The van der Waals surface area contributed by atoms with E-state index >= 15 is 0 Å². The molecule has 1 amide bonds. The monoisotopic (exact) mass is 535 g/mol. The van der Waals surface area contributed by atoms with Crippen LogP contribution >= 0.6 is 27.3 Å². The third-order valence-corrected chi connectivity index (χ3v) is 7.44. The molecular weight excluding hydrogens is 519 g/mol. The SMILES string of the molecule is Cc1cc(/C(O)=C2/C(=O)C(=O)N(c3cccc(C(F)(F)F)c3)C2c2sccc2C)ccc1Br. The lowest BCUT2D eigenvalue weighted by Gasteiger charge is -2.25. The minimum Gasteiger partial charge on any atom is -0.507 e. The van der Waals surface area contributed by atoms with E-state index in [-0.39, 0.29) is 17.0 Å². The summed E-state index contributed by atoms with van der Waals surface area (Å²) in [7, 11) is 0. The number of aliphatic hydroxyl groups is 1. The normalized spacial score (nSPS) is 18.2. The Balaban J connectivity index is 1.95. The molecule has 1 fully saturated rings. The molecule has 2 heterocycles. The number of carbonyl (C=O) groups excluding carboxylic acids is 2. The van der Waals surface area contributed by atoms with Crippen LogP contribution in [0.25, 0.3) is 5.76 Å². The first-order valence-electron chi connectivity index (χ1n) is 9.79. The molecule has 1 aromatic heterocycles. The van der Waals surface area contributed by atoms with Crippen molar-refractivity contribution in [3.05, 3.63) is 91.1 Å². The summed E-state index contributed by atoms with van der Waals surface area (Å²) in [6.45, 7) is 3.59. The van der Waals surface area contributed by atoms with Gasteiger partial charge in [-0.05, 0) is 66.8 Å². The van der Waals surface area contributed by atoms with Crippen molar-refractivity contribution in [2.75, 3.05) is 4.90 Å². The van der Waals surface area contributed by atoms with Crippen LogP contribution in [0.15, 0.2) is 64.0 Å². The average Bonchev–Trinajstić information content (AvgIpc) is 3.29. The Labute approximate surface area is 200 Å². The van der Waals surface area contributed by atoms with Crippen molar-refractivity contribution in [3.8, 4) is 0 Å². The number of aryl methyl sites for hydroxylation is 2. The summed E-state index contributed by atoms with van der Waals surface area (Å²) in [5, 5.41) is 12.9. The van der Waals surface area contributed by atoms with Gasteiger partial charge in [-0.15, -0.1) is 11.3 Å². The number of anilines is 1. The molecule has 1 aliphatic heterocycles. The van der Waals surface area contributed by atoms with Crippen molar-refractivity contribution in [3.63, 3.8) is 0 Å². The highest BCUT2D eigenvalue weighted by Gasteiger charge is 2.48. The molecule has 0 bridgehead atoms. The number of ketones is 1. The first kappa shape index (κ1) is 23.3. The summed E-state index contributed by atoms with van der Waals surface area (Å²) in [4.78, 5) is 27.8.